The first-order valence-electron chi connectivity index (χ1n) is 8.29. The molecule has 0 aliphatic carbocycles. The minimum atomic E-state index is -0.466. The molecule has 3 N–H and O–H groups in total. The highest BCUT2D eigenvalue weighted by Crippen LogP contribution is 2.34. The molecule has 0 bridgehead atoms. The Bertz CT molecular complexity index is 742. The molecular formula is C18H22ClN3O2S. The number of carbonyl (C=O) groups is 1. The molecule has 134 valence electrons. The number of thiophene rings is 1. The number of hydrogen-bond donors (Lipinski definition) is 2. The fourth-order valence-electron chi connectivity index (χ4n) is 2.86. The topological polar surface area (TPSA) is 67.6 Å². The lowest BCUT2D eigenvalue weighted by Crippen LogP contribution is -2.32. The first kappa shape index (κ1) is 18.0. The van der Waals surface area contributed by atoms with E-state index in [1.165, 1.54) is 11.3 Å². The van der Waals surface area contributed by atoms with Gasteiger partial charge in [0.15, 0.2) is 0 Å². The van der Waals surface area contributed by atoms with Crippen molar-refractivity contribution in [3.8, 4) is 10.4 Å². The summed E-state index contributed by atoms with van der Waals surface area (Å²) in [5.41, 5.74) is 7.99. The molecule has 1 aromatic heterocycles. The summed E-state index contributed by atoms with van der Waals surface area (Å²) in [5.74, 6) is 0.430. The van der Waals surface area contributed by atoms with Gasteiger partial charge in [0.2, 0.25) is 0 Å². The summed E-state index contributed by atoms with van der Waals surface area (Å²) in [6, 6.07) is 9.32. The van der Waals surface area contributed by atoms with Gasteiger partial charge in [-0.25, -0.2) is 4.79 Å². The van der Waals surface area contributed by atoms with Crippen molar-refractivity contribution in [1.29, 1.82) is 0 Å². The molecule has 3 rings (SSSR count). The summed E-state index contributed by atoms with van der Waals surface area (Å²) >= 11 is 7.47. The van der Waals surface area contributed by atoms with Crippen molar-refractivity contribution < 1.29 is 9.53 Å². The quantitative estimate of drug-likeness (QED) is 0.765. The number of hydrogen-bond acceptors (Lipinski definition) is 5. The first-order chi connectivity index (χ1) is 12.0. The Morgan fingerprint density at radius 1 is 1.36 bits per heavy atom. The number of benzene rings is 1. The van der Waals surface area contributed by atoms with Crippen LogP contribution in [0.1, 0.15) is 12.8 Å². The van der Waals surface area contributed by atoms with E-state index < -0.39 is 6.09 Å². The highest BCUT2D eigenvalue weighted by Gasteiger charge is 2.18. The number of likely N-dealkylation sites (tertiary alicyclic amines) is 1. The number of halogens is 1. The summed E-state index contributed by atoms with van der Waals surface area (Å²) in [5, 5.41) is 2.75. The van der Waals surface area contributed by atoms with Gasteiger partial charge in [-0.15, -0.1) is 11.3 Å². The summed E-state index contributed by atoms with van der Waals surface area (Å²) in [7, 11) is 2.11. The second-order valence-electron chi connectivity index (χ2n) is 6.38. The summed E-state index contributed by atoms with van der Waals surface area (Å²) in [6.07, 6.45) is 1.65. The molecule has 0 spiro atoms. The van der Waals surface area contributed by atoms with Crippen LogP contribution in [0, 0.1) is 5.92 Å². The zero-order chi connectivity index (χ0) is 17.8. The van der Waals surface area contributed by atoms with E-state index in [2.05, 4.69) is 17.3 Å². The number of nitrogens with zero attached hydrogens (tertiary/aromatic N) is 1. The number of amides is 1. The average Bonchev–Trinajstić information content (AvgIpc) is 3.03. The third kappa shape index (κ3) is 4.87. The van der Waals surface area contributed by atoms with E-state index in [4.69, 9.17) is 22.1 Å². The Labute approximate surface area is 156 Å². The van der Waals surface area contributed by atoms with Crippen LogP contribution in [-0.4, -0.2) is 37.7 Å². The monoisotopic (exact) mass is 379 g/mol. The van der Waals surface area contributed by atoms with Gasteiger partial charge in [0.25, 0.3) is 0 Å². The lowest BCUT2D eigenvalue weighted by molar-refractivity contribution is 0.113. The highest BCUT2D eigenvalue weighted by atomic mass is 35.5. The summed E-state index contributed by atoms with van der Waals surface area (Å²) < 4.78 is 6.10. The molecule has 2 aromatic rings. The van der Waals surface area contributed by atoms with Crippen molar-refractivity contribution >= 4 is 40.4 Å². The Hall–Kier alpha value is -1.76. The lowest BCUT2D eigenvalue weighted by Gasteiger charge is -2.28. The molecule has 0 saturated carbocycles. The number of anilines is 2. The van der Waals surface area contributed by atoms with E-state index in [0.29, 0.717) is 23.9 Å². The van der Waals surface area contributed by atoms with Gasteiger partial charge in [0.05, 0.1) is 22.3 Å². The molecule has 2 heterocycles. The maximum atomic E-state index is 12.1. The maximum absolute atomic E-state index is 12.1. The number of nitrogens with one attached hydrogen (secondary N) is 1. The normalized spacial score (nSPS) is 15.9. The van der Waals surface area contributed by atoms with Crippen LogP contribution in [0.4, 0.5) is 16.2 Å². The summed E-state index contributed by atoms with van der Waals surface area (Å²) in [6.45, 7) is 2.54. The van der Waals surface area contributed by atoms with Crippen molar-refractivity contribution in [3.05, 3.63) is 34.7 Å². The van der Waals surface area contributed by atoms with Crippen LogP contribution >= 0.6 is 22.9 Å². The predicted octanol–water partition coefficient (Wildman–Crippen LogP) is 4.54. The van der Waals surface area contributed by atoms with Crippen molar-refractivity contribution in [1.82, 2.24) is 4.90 Å². The van der Waals surface area contributed by atoms with Crippen LogP contribution in [-0.2, 0) is 4.74 Å². The standard InChI is InChI=1S/C18H22ClN3O2S/c1-22-8-6-12(7-9-22)11-24-18(23)21-15-10-13(2-3-14(15)20)16-4-5-17(19)25-16/h2-5,10,12H,6-9,11,20H2,1H3,(H,21,23). The number of nitrogens with two attached hydrogens (primary N) is 1. The van der Waals surface area contributed by atoms with E-state index in [0.717, 1.165) is 40.7 Å². The van der Waals surface area contributed by atoms with Crippen molar-refractivity contribution in [2.45, 2.75) is 12.8 Å². The Kier molecular flexibility index (Phi) is 5.83. The van der Waals surface area contributed by atoms with E-state index in [9.17, 15) is 4.79 Å². The molecule has 1 aromatic carbocycles. The zero-order valence-corrected chi connectivity index (χ0v) is 15.7. The highest BCUT2D eigenvalue weighted by molar-refractivity contribution is 7.19. The van der Waals surface area contributed by atoms with Crippen LogP contribution in [0.15, 0.2) is 30.3 Å². The Morgan fingerprint density at radius 2 is 2.12 bits per heavy atom. The molecule has 7 heteroatoms. The predicted molar refractivity (Wildman–Crippen MR) is 104 cm³/mol. The van der Waals surface area contributed by atoms with E-state index in [1.807, 2.05) is 24.3 Å². The van der Waals surface area contributed by atoms with Crippen LogP contribution < -0.4 is 11.1 Å². The van der Waals surface area contributed by atoms with Gasteiger partial charge in [-0.3, -0.25) is 5.32 Å². The van der Waals surface area contributed by atoms with Crippen LogP contribution in [0.25, 0.3) is 10.4 Å². The van der Waals surface area contributed by atoms with E-state index in [1.54, 1.807) is 6.07 Å². The Morgan fingerprint density at radius 3 is 2.80 bits per heavy atom. The molecule has 5 nitrogen and oxygen atoms in total. The molecule has 1 aliphatic heterocycles. The van der Waals surface area contributed by atoms with Gasteiger partial charge in [0, 0.05) is 4.88 Å². The largest absolute Gasteiger partial charge is 0.449 e. The second kappa shape index (κ2) is 8.08. The van der Waals surface area contributed by atoms with E-state index >= 15 is 0 Å². The van der Waals surface area contributed by atoms with Crippen molar-refractivity contribution in [3.63, 3.8) is 0 Å². The molecule has 1 amide bonds. The fourth-order valence-corrected chi connectivity index (χ4v) is 3.89. The third-order valence-corrected chi connectivity index (χ3v) is 5.72. The van der Waals surface area contributed by atoms with Gasteiger partial charge in [0.1, 0.15) is 0 Å². The SMILES string of the molecule is CN1CCC(COC(=O)Nc2cc(-c3ccc(Cl)s3)ccc2N)CC1. The number of ether oxygens (including phenoxy) is 1. The van der Waals surface area contributed by atoms with Crippen LogP contribution in [0.2, 0.25) is 4.34 Å². The molecule has 1 fully saturated rings. The molecule has 1 aliphatic rings. The molecule has 25 heavy (non-hydrogen) atoms. The average molecular weight is 380 g/mol. The first-order valence-corrected chi connectivity index (χ1v) is 9.48. The van der Waals surface area contributed by atoms with Gasteiger partial charge in [-0.1, -0.05) is 17.7 Å². The lowest BCUT2D eigenvalue weighted by atomic mass is 9.98. The summed E-state index contributed by atoms with van der Waals surface area (Å²) in [4.78, 5) is 15.4. The molecular weight excluding hydrogens is 358 g/mol. The minimum Gasteiger partial charge on any atom is -0.449 e. The zero-order valence-electron chi connectivity index (χ0n) is 14.1. The number of rotatable bonds is 4. The number of piperidine rings is 1. The van der Waals surface area contributed by atoms with Crippen molar-refractivity contribution in [2.24, 2.45) is 5.92 Å². The smallest absolute Gasteiger partial charge is 0.411 e. The number of carbonyl (C=O) groups excluding carboxylic acids is 1. The molecule has 1 saturated heterocycles. The van der Waals surface area contributed by atoms with Gasteiger partial charge >= 0.3 is 6.09 Å². The second-order valence-corrected chi connectivity index (χ2v) is 8.09. The van der Waals surface area contributed by atoms with E-state index in [-0.39, 0.29) is 0 Å². The molecule has 0 atom stereocenters. The van der Waals surface area contributed by atoms with Gasteiger partial charge < -0.3 is 15.4 Å². The minimum absolute atomic E-state index is 0.430. The van der Waals surface area contributed by atoms with Gasteiger partial charge in [-0.05, 0) is 68.7 Å². The van der Waals surface area contributed by atoms with Crippen LogP contribution in [0.3, 0.4) is 0 Å². The molecule has 0 radical (unpaired) electrons. The fraction of sp³-hybridized carbons (Fsp3) is 0.389. The number of nitrogen functional groups attached to an aromatic ring is 1. The third-order valence-electron chi connectivity index (χ3n) is 4.44. The molecule has 0 unspecified atom stereocenters. The van der Waals surface area contributed by atoms with Crippen molar-refractivity contribution in [2.75, 3.05) is 37.8 Å². The van der Waals surface area contributed by atoms with Gasteiger partial charge in [-0.2, -0.15) is 0 Å². The maximum Gasteiger partial charge on any atom is 0.411 e. The van der Waals surface area contributed by atoms with Crippen LogP contribution in [0.5, 0.6) is 0 Å². The Balaban J connectivity index is 1.59.